The number of halogens is 4. The molecule has 0 aliphatic rings. The van der Waals surface area contributed by atoms with Gasteiger partial charge in [-0.15, -0.1) is 6.58 Å². The molecule has 2 aromatic rings. The first-order valence-electron chi connectivity index (χ1n) is 8.93. The van der Waals surface area contributed by atoms with Crippen LogP contribution in [0.15, 0.2) is 36.9 Å². The first kappa shape index (κ1) is 21.8. The van der Waals surface area contributed by atoms with E-state index in [0.29, 0.717) is 19.6 Å². The van der Waals surface area contributed by atoms with Gasteiger partial charge in [0.05, 0.1) is 13.2 Å². The largest absolute Gasteiger partial charge is 0.503 e. The van der Waals surface area contributed by atoms with Crippen LogP contribution < -0.4 is 4.74 Å². The molecule has 0 bridgehead atoms. The van der Waals surface area contributed by atoms with Crippen molar-refractivity contribution in [1.29, 1.82) is 0 Å². The van der Waals surface area contributed by atoms with Crippen LogP contribution >= 0.6 is 0 Å². The minimum atomic E-state index is -1.22. The Kier molecular flexibility index (Phi) is 8.32. The van der Waals surface area contributed by atoms with E-state index in [1.807, 2.05) is 0 Å². The smallest absolute Gasteiger partial charge is 0.190 e. The molecule has 2 aromatic carbocycles. The van der Waals surface area contributed by atoms with E-state index in [1.54, 1.807) is 6.08 Å². The summed E-state index contributed by atoms with van der Waals surface area (Å²) in [5.41, 5.74) is -0.171. The third kappa shape index (κ3) is 5.99. The van der Waals surface area contributed by atoms with E-state index in [-0.39, 0.29) is 17.7 Å². The van der Waals surface area contributed by atoms with Crippen LogP contribution in [0.1, 0.15) is 25.7 Å². The van der Waals surface area contributed by atoms with Crippen molar-refractivity contribution >= 4 is 0 Å². The molecule has 0 saturated carbocycles. The average molecular weight is 398 g/mol. The number of aromatic hydroxyl groups is 1. The summed E-state index contributed by atoms with van der Waals surface area (Å²) in [7, 11) is 0. The van der Waals surface area contributed by atoms with Gasteiger partial charge in [0.25, 0.3) is 0 Å². The number of ether oxygens (including phenoxy) is 2. The molecule has 1 N–H and O–H groups in total. The highest BCUT2D eigenvalue weighted by molar-refractivity contribution is 5.66. The van der Waals surface area contributed by atoms with Gasteiger partial charge < -0.3 is 14.6 Å². The number of rotatable bonds is 11. The second-order valence-electron chi connectivity index (χ2n) is 6.18. The Bertz CT molecular complexity index is 762. The van der Waals surface area contributed by atoms with E-state index in [2.05, 4.69) is 6.58 Å². The van der Waals surface area contributed by atoms with Gasteiger partial charge in [0.1, 0.15) is 0 Å². The van der Waals surface area contributed by atoms with Crippen molar-refractivity contribution in [1.82, 2.24) is 0 Å². The number of phenolic OH excluding ortho intramolecular Hbond substituents is 1. The molecule has 0 aliphatic heterocycles. The summed E-state index contributed by atoms with van der Waals surface area (Å²) < 4.78 is 65.7. The van der Waals surface area contributed by atoms with Crippen molar-refractivity contribution in [3.05, 3.63) is 60.2 Å². The normalized spacial score (nSPS) is 10.9. The summed E-state index contributed by atoms with van der Waals surface area (Å²) in [6.45, 7) is 4.84. The van der Waals surface area contributed by atoms with Gasteiger partial charge in [-0.1, -0.05) is 12.5 Å². The molecule has 2 rings (SSSR count). The van der Waals surface area contributed by atoms with Crippen LogP contribution in [0.4, 0.5) is 17.6 Å². The first-order valence-corrected chi connectivity index (χ1v) is 8.93. The summed E-state index contributed by atoms with van der Waals surface area (Å²) in [4.78, 5) is 0. The van der Waals surface area contributed by atoms with Crippen LogP contribution in [-0.4, -0.2) is 24.9 Å². The van der Waals surface area contributed by atoms with Crippen LogP contribution in [0.2, 0.25) is 0 Å². The van der Waals surface area contributed by atoms with Gasteiger partial charge in [0.2, 0.25) is 0 Å². The Morgan fingerprint density at radius 2 is 1.29 bits per heavy atom. The van der Waals surface area contributed by atoms with E-state index in [4.69, 9.17) is 14.6 Å². The van der Waals surface area contributed by atoms with Crippen molar-refractivity contribution in [2.24, 2.45) is 0 Å². The molecule has 7 heteroatoms. The zero-order valence-corrected chi connectivity index (χ0v) is 15.3. The highest BCUT2D eigenvalue weighted by Crippen LogP contribution is 2.32. The molecule has 3 nitrogen and oxygen atoms in total. The van der Waals surface area contributed by atoms with Gasteiger partial charge in [0, 0.05) is 6.61 Å². The lowest BCUT2D eigenvalue weighted by Crippen LogP contribution is -2.02. The number of benzene rings is 2. The van der Waals surface area contributed by atoms with Crippen LogP contribution in [0.5, 0.6) is 11.5 Å². The zero-order valence-electron chi connectivity index (χ0n) is 15.3. The lowest BCUT2D eigenvalue weighted by molar-refractivity contribution is 0.156. The maximum absolute atomic E-state index is 14.2. The van der Waals surface area contributed by atoms with Gasteiger partial charge in [0.15, 0.2) is 34.8 Å². The molecule has 152 valence electrons. The third-order valence-electron chi connectivity index (χ3n) is 4.01. The molecule has 0 atom stereocenters. The SMILES string of the molecule is C=CCOCCCCCCOc1c(F)cc(-c2cc(F)c(O)c(F)c2)cc1F. The Labute approximate surface area is 161 Å². The lowest BCUT2D eigenvalue weighted by Gasteiger charge is -2.11. The second kappa shape index (κ2) is 10.7. The van der Waals surface area contributed by atoms with Gasteiger partial charge >= 0.3 is 0 Å². The molecule has 0 aliphatic carbocycles. The fraction of sp³-hybridized carbons (Fsp3) is 0.333. The zero-order chi connectivity index (χ0) is 20.5. The molecule has 0 aromatic heterocycles. The summed E-state index contributed by atoms with van der Waals surface area (Å²) in [5.74, 6) is -6.05. The molecule has 0 unspecified atom stereocenters. The van der Waals surface area contributed by atoms with Gasteiger partial charge in [-0.05, 0) is 54.7 Å². The molecule has 0 fully saturated rings. The number of unbranched alkanes of at least 4 members (excludes halogenated alkanes) is 3. The van der Waals surface area contributed by atoms with Crippen molar-refractivity contribution in [3.63, 3.8) is 0 Å². The summed E-state index contributed by atoms with van der Waals surface area (Å²) in [5, 5.41) is 9.11. The van der Waals surface area contributed by atoms with E-state index in [0.717, 1.165) is 43.5 Å². The highest BCUT2D eigenvalue weighted by Gasteiger charge is 2.16. The number of hydrogen-bond acceptors (Lipinski definition) is 3. The molecule has 28 heavy (non-hydrogen) atoms. The predicted octanol–water partition coefficient (Wildman–Crippen LogP) is 5.76. The van der Waals surface area contributed by atoms with Crippen molar-refractivity contribution in [2.75, 3.05) is 19.8 Å². The van der Waals surface area contributed by atoms with Crippen LogP contribution in [-0.2, 0) is 4.74 Å². The summed E-state index contributed by atoms with van der Waals surface area (Å²) >= 11 is 0. The molecule has 0 saturated heterocycles. The van der Waals surface area contributed by atoms with E-state index >= 15 is 0 Å². The Morgan fingerprint density at radius 1 is 0.786 bits per heavy atom. The third-order valence-corrected chi connectivity index (χ3v) is 4.01. The molecular formula is C21H22F4O3. The molecule has 0 amide bonds. The lowest BCUT2D eigenvalue weighted by atomic mass is 10.0. The minimum Gasteiger partial charge on any atom is -0.503 e. The van der Waals surface area contributed by atoms with Crippen LogP contribution in [0.3, 0.4) is 0 Å². The van der Waals surface area contributed by atoms with E-state index in [1.165, 1.54) is 0 Å². The van der Waals surface area contributed by atoms with Gasteiger partial charge in [-0.25, -0.2) is 17.6 Å². The average Bonchev–Trinajstić information content (AvgIpc) is 2.66. The number of hydrogen-bond donors (Lipinski definition) is 1. The van der Waals surface area contributed by atoms with E-state index < -0.39 is 34.8 Å². The minimum absolute atomic E-state index is 0.0697. The van der Waals surface area contributed by atoms with Crippen molar-refractivity contribution < 1.29 is 32.1 Å². The fourth-order valence-corrected chi connectivity index (χ4v) is 2.60. The topological polar surface area (TPSA) is 38.7 Å². The van der Waals surface area contributed by atoms with Crippen LogP contribution in [0, 0.1) is 23.3 Å². The molecule has 0 heterocycles. The van der Waals surface area contributed by atoms with Crippen LogP contribution in [0.25, 0.3) is 11.1 Å². The molecule has 0 radical (unpaired) electrons. The monoisotopic (exact) mass is 398 g/mol. The highest BCUT2D eigenvalue weighted by atomic mass is 19.1. The van der Waals surface area contributed by atoms with Crippen molar-refractivity contribution in [3.8, 4) is 22.6 Å². The quantitative estimate of drug-likeness (QED) is 0.297. The predicted molar refractivity (Wildman–Crippen MR) is 98.4 cm³/mol. The Hall–Kier alpha value is -2.54. The van der Waals surface area contributed by atoms with Gasteiger partial charge in [-0.2, -0.15) is 0 Å². The fourth-order valence-electron chi connectivity index (χ4n) is 2.60. The first-order chi connectivity index (χ1) is 13.4. The molecular weight excluding hydrogens is 376 g/mol. The van der Waals surface area contributed by atoms with E-state index in [9.17, 15) is 17.6 Å². The standard InChI is InChI=1S/C21H22F4O3/c1-2-7-27-8-5-3-4-6-9-28-21-18(24)12-15(13-19(21)25)14-10-16(22)20(26)17(23)11-14/h2,10-13,26H,1,3-9H2. The summed E-state index contributed by atoms with van der Waals surface area (Å²) in [6.07, 6.45) is 4.91. The second-order valence-corrected chi connectivity index (χ2v) is 6.18. The number of phenols is 1. The maximum Gasteiger partial charge on any atom is 0.190 e. The summed E-state index contributed by atoms with van der Waals surface area (Å²) in [6, 6.07) is 3.46. The van der Waals surface area contributed by atoms with Crippen molar-refractivity contribution in [2.45, 2.75) is 25.7 Å². The Morgan fingerprint density at radius 3 is 1.82 bits per heavy atom. The maximum atomic E-state index is 14.2. The van der Waals surface area contributed by atoms with Gasteiger partial charge in [-0.3, -0.25) is 0 Å². The molecule has 0 spiro atoms. The Balaban J connectivity index is 1.91.